The van der Waals surface area contributed by atoms with Crippen molar-refractivity contribution in [3.05, 3.63) is 41.7 Å². The van der Waals surface area contributed by atoms with Crippen molar-refractivity contribution in [2.24, 2.45) is 13.0 Å². The molecule has 1 aromatic carbocycles. The number of benzene rings is 1. The monoisotopic (exact) mass is 330 g/mol. The lowest BCUT2D eigenvalue weighted by Gasteiger charge is -2.27. The Labute approximate surface area is 140 Å². The molecule has 1 aliphatic rings. The molecule has 0 spiro atoms. The van der Waals surface area contributed by atoms with Gasteiger partial charge < -0.3 is 20.1 Å². The average molecular weight is 330 g/mol. The molecule has 0 atom stereocenters. The summed E-state index contributed by atoms with van der Waals surface area (Å²) in [6.07, 6.45) is 3.65. The number of aryl methyl sites for hydroxylation is 1. The van der Waals surface area contributed by atoms with Crippen LogP contribution in [0.3, 0.4) is 0 Å². The van der Waals surface area contributed by atoms with Gasteiger partial charge in [-0.1, -0.05) is 0 Å². The van der Waals surface area contributed by atoms with Crippen molar-refractivity contribution >= 4 is 5.91 Å². The van der Waals surface area contributed by atoms with Crippen LogP contribution in [-0.2, 0) is 13.7 Å². The molecule has 0 saturated carbocycles. The maximum absolute atomic E-state index is 12.2. The maximum atomic E-state index is 12.2. The van der Waals surface area contributed by atoms with Crippen LogP contribution in [-0.4, -0.2) is 42.4 Å². The van der Waals surface area contributed by atoms with Crippen molar-refractivity contribution in [2.75, 3.05) is 26.7 Å². The molecule has 0 bridgehead atoms. The molecule has 7 heteroatoms. The molecule has 24 heavy (non-hydrogen) atoms. The topological polar surface area (TPSA) is 77.4 Å². The number of carbonyl (C=O) groups excluding carboxylic acids is 1. The number of rotatable bonds is 7. The molecule has 2 N–H and O–H groups in total. The second kappa shape index (κ2) is 7.35. The third-order valence-corrected chi connectivity index (χ3v) is 4.00. The molecule has 0 aliphatic carbocycles. The fourth-order valence-electron chi connectivity index (χ4n) is 2.47. The lowest BCUT2D eigenvalue weighted by atomic mass is 10.0. The van der Waals surface area contributed by atoms with Gasteiger partial charge in [0.05, 0.1) is 13.3 Å². The smallest absolute Gasteiger partial charge is 0.251 e. The van der Waals surface area contributed by atoms with Gasteiger partial charge in [-0.15, -0.1) is 0 Å². The fourth-order valence-corrected chi connectivity index (χ4v) is 2.47. The Kier molecular flexibility index (Phi) is 5.00. The molecule has 1 aliphatic heterocycles. The number of amides is 1. The normalized spacial score (nSPS) is 14.1. The Morgan fingerprint density at radius 1 is 1.42 bits per heavy atom. The Hall–Kier alpha value is -2.54. The summed E-state index contributed by atoms with van der Waals surface area (Å²) >= 11 is 0. The number of hydrogen-bond acceptors (Lipinski definition) is 5. The van der Waals surface area contributed by atoms with E-state index in [1.807, 2.05) is 13.2 Å². The van der Waals surface area contributed by atoms with Gasteiger partial charge in [-0.05, 0) is 18.2 Å². The zero-order chi connectivity index (χ0) is 16.9. The summed E-state index contributed by atoms with van der Waals surface area (Å²) in [5.74, 6) is 1.56. The molecular weight excluding hydrogens is 308 g/mol. The SMILES string of the molecule is COc1cc(C(=O)NCC2CNC2)ccc1OCc1cnn(C)c1. The molecule has 0 unspecified atom stereocenters. The standard InChI is InChI=1S/C17H22N4O3/c1-21-10-13(9-20-21)11-24-15-4-3-14(5-16(15)23-2)17(22)19-8-12-6-18-7-12/h3-5,9-10,12,18H,6-8,11H2,1-2H3,(H,19,22). The third kappa shape index (κ3) is 3.86. The number of hydrogen-bond donors (Lipinski definition) is 2. The van der Waals surface area contributed by atoms with Crippen LogP contribution < -0.4 is 20.1 Å². The molecule has 1 amide bonds. The first-order chi connectivity index (χ1) is 11.7. The highest BCUT2D eigenvalue weighted by Gasteiger charge is 2.18. The lowest BCUT2D eigenvalue weighted by Crippen LogP contribution is -2.48. The van der Waals surface area contributed by atoms with Crippen molar-refractivity contribution in [3.8, 4) is 11.5 Å². The largest absolute Gasteiger partial charge is 0.493 e. The minimum atomic E-state index is -0.0981. The molecule has 1 fully saturated rings. The van der Waals surface area contributed by atoms with Crippen LogP contribution in [0.25, 0.3) is 0 Å². The summed E-state index contributed by atoms with van der Waals surface area (Å²) in [7, 11) is 3.42. The Bertz CT molecular complexity index is 710. The highest BCUT2D eigenvalue weighted by Crippen LogP contribution is 2.28. The van der Waals surface area contributed by atoms with E-state index < -0.39 is 0 Å². The van der Waals surface area contributed by atoms with Crippen LogP contribution in [0.1, 0.15) is 15.9 Å². The number of methoxy groups -OCH3 is 1. The number of carbonyl (C=O) groups is 1. The highest BCUT2D eigenvalue weighted by atomic mass is 16.5. The van der Waals surface area contributed by atoms with Gasteiger partial charge in [-0.25, -0.2) is 0 Å². The summed E-state index contributed by atoms with van der Waals surface area (Å²) in [6.45, 7) is 3.01. The first-order valence-corrected chi connectivity index (χ1v) is 7.93. The van der Waals surface area contributed by atoms with Gasteiger partial charge in [0.1, 0.15) is 6.61 Å². The van der Waals surface area contributed by atoms with Crippen molar-refractivity contribution in [2.45, 2.75) is 6.61 Å². The zero-order valence-corrected chi connectivity index (χ0v) is 13.9. The molecule has 2 aromatic rings. The maximum Gasteiger partial charge on any atom is 0.251 e. The molecule has 3 rings (SSSR count). The molecule has 7 nitrogen and oxygen atoms in total. The van der Waals surface area contributed by atoms with Crippen molar-refractivity contribution in [1.82, 2.24) is 20.4 Å². The summed E-state index contributed by atoms with van der Waals surface area (Å²) in [4.78, 5) is 12.2. The number of ether oxygens (including phenoxy) is 2. The van der Waals surface area contributed by atoms with Crippen LogP contribution in [0, 0.1) is 5.92 Å². The van der Waals surface area contributed by atoms with E-state index in [1.165, 1.54) is 0 Å². The molecule has 128 valence electrons. The first-order valence-electron chi connectivity index (χ1n) is 7.93. The van der Waals surface area contributed by atoms with E-state index in [2.05, 4.69) is 15.7 Å². The van der Waals surface area contributed by atoms with Gasteiger partial charge in [0.15, 0.2) is 11.5 Å². The minimum absolute atomic E-state index is 0.0981. The van der Waals surface area contributed by atoms with E-state index in [-0.39, 0.29) is 5.91 Å². The average Bonchev–Trinajstić information content (AvgIpc) is 2.96. The van der Waals surface area contributed by atoms with Gasteiger partial charge in [-0.2, -0.15) is 5.10 Å². The van der Waals surface area contributed by atoms with Crippen LogP contribution in [0.15, 0.2) is 30.6 Å². The van der Waals surface area contributed by atoms with Crippen LogP contribution >= 0.6 is 0 Å². The van der Waals surface area contributed by atoms with E-state index in [9.17, 15) is 4.79 Å². The molecule has 1 aromatic heterocycles. The molecular formula is C17H22N4O3. The van der Waals surface area contributed by atoms with Gasteiger partial charge in [-0.3, -0.25) is 9.48 Å². The predicted molar refractivity (Wildman–Crippen MR) is 89.2 cm³/mol. The van der Waals surface area contributed by atoms with Crippen molar-refractivity contribution in [1.29, 1.82) is 0 Å². The lowest BCUT2D eigenvalue weighted by molar-refractivity contribution is 0.0942. The van der Waals surface area contributed by atoms with Gasteiger partial charge in [0.25, 0.3) is 5.91 Å². The highest BCUT2D eigenvalue weighted by molar-refractivity contribution is 5.94. The quantitative estimate of drug-likeness (QED) is 0.791. The van der Waals surface area contributed by atoms with E-state index in [1.54, 1.807) is 36.2 Å². The summed E-state index contributed by atoms with van der Waals surface area (Å²) in [5.41, 5.74) is 1.53. The molecule has 2 heterocycles. The van der Waals surface area contributed by atoms with Crippen LogP contribution in [0.5, 0.6) is 11.5 Å². The van der Waals surface area contributed by atoms with E-state index in [0.717, 1.165) is 18.7 Å². The van der Waals surface area contributed by atoms with Crippen LogP contribution in [0.2, 0.25) is 0 Å². The Balaban J connectivity index is 1.62. The predicted octanol–water partition coefficient (Wildman–Crippen LogP) is 0.957. The van der Waals surface area contributed by atoms with E-state index in [4.69, 9.17) is 9.47 Å². The number of nitrogens with one attached hydrogen (secondary N) is 2. The number of aromatic nitrogens is 2. The van der Waals surface area contributed by atoms with Crippen LogP contribution in [0.4, 0.5) is 0 Å². The van der Waals surface area contributed by atoms with Gasteiger partial charge in [0, 0.05) is 49.9 Å². The second-order valence-corrected chi connectivity index (χ2v) is 5.91. The minimum Gasteiger partial charge on any atom is -0.493 e. The summed E-state index contributed by atoms with van der Waals surface area (Å²) in [6, 6.07) is 5.21. The second-order valence-electron chi connectivity index (χ2n) is 5.91. The van der Waals surface area contributed by atoms with Crippen molar-refractivity contribution < 1.29 is 14.3 Å². The Morgan fingerprint density at radius 2 is 2.25 bits per heavy atom. The molecule has 0 radical (unpaired) electrons. The van der Waals surface area contributed by atoms with E-state index in [0.29, 0.717) is 36.1 Å². The number of nitrogens with zero attached hydrogens (tertiary/aromatic N) is 2. The fraction of sp³-hybridized carbons (Fsp3) is 0.412. The summed E-state index contributed by atoms with van der Waals surface area (Å²) in [5, 5.41) is 10.2. The molecule has 1 saturated heterocycles. The van der Waals surface area contributed by atoms with Crippen molar-refractivity contribution in [3.63, 3.8) is 0 Å². The third-order valence-electron chi connectivity index (χ3n) is 4.00. The Morgan fingerprint density at radius 3 is 2.88 bits per heavy atom. The van der Waals surface area contributed by atoms with Gasteiger partial charge in [0.2, 0.25) is 0 Å². The zero-order valence-electron chi connectivity index (χ0n) is 13.9. The summed E-state index contributed by atoms with van der Waals surface area (Å²) < 4.78 is 12.8. The first kappa shape index (κ1) is 16.3. The van der Waals surface area contributed by atoms with Gasteiger partial charge >= 0.3 is 0 Å². The van der Waals surface area contributed by atoms with E-state index >= 15 is 0 Å².